The first kappa shape index (κ1) is 24.3. The first-order valence-electron chi connectivity index (χ1n) is 12.2. The zero-order valence-electron chi connectivity index (χ0n) is 20.7. The van der Waals surface area contributed by atoms with Crippen LogP contribution in [0.25, 0.3) is 0 Å². The monoisotopic (exact) mass is 464 g/mol. The van der Waals surface area contributed by atoms with Crippen molar-refractivity contribution >= 4 is 12.1 Å². The molecule has 2 aromatic carbocycles. The smallest absolute Gasteiger partial charge is 0.410 e. The lowest BCUT2D eigenvalue weighted by molar-refractivity contribution is 0.00486. The quantitative estimate of drug-likeness (QED) is 0.548. The number of hydrogen-bond acceptors (Lipinski definition) is 5. The second-order valence-corrected chi connectivity index (χ2v) is 10.4. The molecule has 0 bridgehead atoms. The van der Waals surface area contributed by atoms with Crippen LogP contribution in [0.3, 0.4) is 0 Å². The van der Waals surface area contributed by atoms with Crippen molar-refractivity contribution in [2.24, 2.45) is 0 Å². The maximum absolute atomic E-state index is 13.3. The number of amides is 1. The van der Waals surface area contributed by atoms with E-state index >= 15 is 0 Å². The summed E-state index contributed by atoms with van der Waals surface area (Å²) >= 11 is 0. The molecular weight excluding hydrogens is 428 g/mol. The Morgan fingerprint density at radius 1 is 1.00 bits per heavy atom. The maximum Gasteiger partial charge on any atom is 0.410 e. The maximum atomic E-state index is 13.3. The van der Waals surface area contributed by atoms with Crippen molar-refractivity contribution in [3.05, 3.63) is 71.3 Å². The second-order valence-electron chi connectivity index (χ2n) is 10.4. The van der Waals surface area contributed by atoms with E-state index in [0.29, 0.717) is 11.5 Å². The molecule has 1 heterocycles. The van der Waals surface area contributed by atoms with Crippen molar-refractivity contribution in [2.45, 2.75) is 70.2 Å². The van der Waals surface area contributed by atoms with E-state index in [-0.39, 0.29) is 24.1 Å². The highest BCUT2D eigenvalue weighted by Gasteiger charge is 2.48. The van der Waals surface area contributed by atoms with E-state index in [1.165, 1.54) is 18.2 Å². The summed E-state index contributed by atoms with van der Waals surface area (Å²) in [5, 5.41) is 0. The Balaban J connectivity index is 1.38. The molecule has 4 rings (SSSR count). The third-order valence-electron chi connectivity index (χ3n) is 6.68. The molecule has 1 saturated heterocycles. The first-order valence-corrected chi connectivity index (χ1v) is 12.2. The minimum absolute atomic E-state index is 0.187. The van der Waals surface area contributed by atoms with Gasteiger partial charge in [0, 0.05) is 37.6 Å². The highest BCUT2D eigenvalue weighted by molar-refractivity contribution is 5.89. The Labute approximate surface area is 202 Å². The summed E-state index contributed by atoms with van der Waals surface area (Å²) in [4.78, 5) is 29.4. The van der Waals surface area contributed by atoms with E-state index in [4.69, 9.17) is 9.47 Å². The van der Waals surface area contributed by atoms with Crippen LogP contribution in [0.2, 0.25) is 0 Å². The summed E-state index contributed by atoms with van der Waals surface area (Å²) in [6.07, 6.45) is 2.66. The van der Waals surface area contributed by atoms with Crippen molar-refractivity contribution in [1.29, 1.82) is 0 Å². The van der Waals surface area contributed by atoms with Crippen molar-refractivity contribution in [3.8, 4) is 0 Å². The third-order valence-corrected chi connectivity index (χ3v) is 6.68. The highest BCUT2D eigenvalue weighted by Crippen LogP contribution is 2.46. The van der Waals surface area contributed by atoms with Crippen LogP contribution in [0.5, 0.6) is 0 Å². The summed E-state index contributed by atoms with van der Waals surface area (Å²) < 4.78 is 10.6. The normalized spacial score (nSPS) is 21.1. The van der Waals surface area contributed by atoms with Gasteiger partial charge in [-0.3, -0.25) is 4.90 Å². The van der Waals surface area contributed by atoms with E-state index in [1.54, 1.807) is 0 Å². The highest BCUT2D eigenvalue weighted by atomic mass is 16.6. The number of nitrogens with zero attached hydrogens (tertiary/aromatic N) is 2. The number of hydrogen-bond donors (Lipinski definition) is 0. The predicted molar refractivity (Wildman–Crippen MR) is 132 cm³/mol. The van der Waals surface area contributed by atoms with Crippen LogP contribution in [-0.4, -0.2) is 59.7 Å². The van der Waals surface area contributed by atoms with Crippen LogP contribution in [0.15, 0.2) is 54.6 Å². The van der Waals surface area contributed by atoms with Gasteiger partial charge < -0.3 is 14.4 Å². The SMILES string of the molecule is COC(=O)c1ccc(CN2CCC(N(C(=O)OC(C)(C)C)[C@@H]3CC3c3ccccc3)CC2)cc1. The van der Waals surface area contributed by atoms with Gasteiger partial charge in [0.1, 0.15) is 5.60 Å². The van der Waals surface area contributed by atoms with E-state index in [0.717, 1.165) is 38.9 Å². The van der Waals surface area contributed by atoms with Gasteiger partial charge in [-0.25, -0.2) is 9.59 Å². The average Bonchev–Trinajstić information content (AvgIpc) is 3.60. The van der Waals surface area contributed by atoms with Crippen molar-refractivity contribution in [2.75, 3.05) is 20.2 Å². The molecule has 1 saturated carbocycles. The Morgan fingerprint density at radius 2 is 1.65 bits per heavy atom. The molecule has 0 N–H and O–H groups in total. The topological polar surface area (TPSA) is 59.1 Å². The molecule has 1 amide bonds. The predicted octanol–water partition coefficient (Wildman–Crippen LogP) is 5.23. The Bertz CT molecular complexity index is 976. The molecule has 1 aliphatic carbocycles. The Kier molecular flexibility index (Phi) is 7.27. The number of likely N-dealkylation sites (tertiary alicyclic amines) is 1. The van der Waals surface area contributed by atoms with Gasteiger partial charge in [0.05, 0.1) is 12.7 Å². The molecule has 2 aromatic rings. The number of methoxy groups -OCH3 is 1. The number of carbonyl (C=O) groups is 2. The van der Waals surface area contributed by atoms with Gasteiger partial charge in [-0.15, -0.1) is 0 Å². The van der Waals surface area contributed by atoms with E-state index in [2.05, 4.69) is 29.2 Å². The first-order chi connectivity index (χ1) is 16.2. The van der Waals surface area contributed by atoms with Crippen LogP contribution in [0.1, 0.15) is 67.4 Å². The van der Waals surface area contributed by atoms with Gasteiger partial charge in [0.2, 0.25) is 0 Å². The summed E-state index contributed by atoms with van der Waals surface area (Å²) in [5.74, 6) is 0.0727. The van der Waals surface area contributed by atoms with E-state index in [1.807, 2.05) is 56.0 Å². The molecule has 1 unspecified atom stereocenters. The molecule has 0 aromatic heterocycles. The Hall–Kier alpha value is -2.86. The van der Waals surface area contributed by atoms with Gasteiger partial charge in [0.25, 0.3) is 0 Å². The fraction of sp³-hybridized carbons (Fsp3) is 0.500. The number of ether oxygens (including phenoxy) is 2. The standard InChI is InChI=1S/C28H36N2O4/c1-28(2,3)34-27(32)30(25-18-24(25)21-8-6-5-7-9-21)23-14-16-29(17-15-23)19-20-10-12-22(13-11-20)26(31)33-4/h5-13,23-25H,14-19H2,1-4H3/t24?,25-/m1/s1. The van der Waals surface area contributed by atoms with Gasteiger partial charge in [-0.05, 0) is 63.3 Å². The number of piperidine rings is 1. The summed E-state index contributed by atoms with van der Waals surface area (Å²) in [5.41, 5.74) is 2.52. The van der Waals surface area contributed by atoms with Gasteiger partial charge in [0.15, 0.2) is 0 Å². The number of rotatable bonds is 6. The fourth-order valence-electron chi connectivity index (χ4n) is 4.90. The van der Waals surface area contributed by atoms with Crippen LogP contribution in [0, 0.1) is 0 Å². The van der Waals surface area contributed by atoms with Gasteiger partial charge >= 0.3 is 12.1 Å². The molecule has 6 heteroatoms. The largest absolute Gasteiger partial charge is 0.465 e. The zero-order chi connectivity index (χ0) is 24.3. The second kappa shape index (κ2) is 10.2. The van der Waals surface area contributed by atoms with Gasteiger partial charge in [-0.1, -0.05) is 42.5 Å². The Morgan fingerprint density at radius 3 is 2.24 bits per heavy atom. The summed E-state index contributed by atoms with van der Waals surface area (Å²) in [7, 11) is 1.39. The molecule has 2 atom stereocenters. The molecule has 1 aliphatic heterocycles. The lowest BCUT2D eigenvalue weighted by Gasteiger charge is -2.39. The summed E-state index contributed by atoms with van der Waals surface area (Å²) in [6, 6.07) is 18.5. The molecule has 34 heavy (non-hydrogen) atoms. The zero-order valence-corrected chi connectivity index (χ0v) is 20.7. The molecule has 0 radical (unpaired) electrons. The molecule has 6 nitrogen and oxygen atoms in total. The van der Waals surface area contributed by atoms with Crippen LogP contribution < -0.4 is 0 Å². The lowest BCUT2D eigenvalue weighted by Crippen LogP contribution is -2.50. The average molecular weight is 465 g/mol. The van der Waals surface area contributed by atoms with Crippen LogP contribution in [0.4, 0.5) is 4.79 Å². The lowest BCUT2D eigenvalue weighted by atomic mass is 10.0. The number of benzene rings is 2. The minimum atomic E-state index is -0.510. The van der Waals surface area contributed by atoms with Crippen LogP contribution >= 0.6 is 0 Å². The van der Waals surface area contributed by atoms with E-state index < -0.39 is 5.60 Å². The fourth-order valence-corrected chi connectivity index (χ4v) is 4.90. The van der Waals surface area contributed by atoms with E-state index in [9.17, 15) is 9.59 Å². The van der Waals surface area contributed by atoms with Crippen molar-refractivity contribution in [3.63, 3.8) is 0 Å². The molecule has 2 aliphatic rings. The van der Waals surface area contributed by atoms with Crippen molar-refractivity contribution in [1.82, 2.24) is 9.80 Å². The molecule has 0 spiro atoms. The number of carbonyl (C=O) groups excluding carboxylic acids is 2. The number of esters is 1. The van der Waals surface area contributed by atoms with Crippen LogP contribution in [-0.2, 0) is 16.0 Å². The molecule has 2 fully saturated rings. The van der Waals surface area contributed by atoms with Gasteiger partial charge in [-0.2, -0.15) is 0 Å². The van der Waals surface area contributed by atoms with Crippen molar-refractivity contribution < 1.29 is 19.1 Å². The minimum Gasteiger partial charge on any atom is -0.465 e. The molecular formula is C28H36N2O4. The summed E-state index contributed by atoms with van der Waals surface area (Å²) in [6.45, 7) is 8.46. The molecule has 182 valence electrons. The third kappa shape index (κ3) is 5.98.